The predicted molar refractivity (Wildman–Crippen MR) is 106 cm³/mol. The number of carbonyl (C=O) groups is 1. The molecule has 1 aromatic heterocycles. The van der Waals surface area contributed by atoms with Crippen LogP contribution in [0.4, 0.5) is 5.69 Å². The van der Waals surface area contributed by atoms with E-state index in [4.69, 9.17) is 4.42 Å². The first-order chi connectivity index (χ1) is 11.6. The van der Waals surface area contributed by atoms with Gasteiger partial charge in [0.25, 0.3) is 5.91 Å². The SMILES string of the molecule is Cc1cc(I)ccc1NC(=O)C(=Cc1ccco1)c1ccccc1. The van der Waals surface area contributed by atoms with Crippen LogP contribution in [-0.4, -0.2) is 5.91 Å². The van der Waals surface area contributed by atoms with Gasteiger partial charge in [-0.2, -0.15) is 0 Å². The Bertz CT molecular complexity index is 868. The molecule has 2 aromatic carbocycles. The summed E-state index contributed by atoms with van der Waals surface area (Å²) in [5.41, 5.74) is 3.24. The zero-order chi connectivity index (χ0) is 16.9. The van der Waals surface area contributed by atoms with Crippen molar-refractivity contribution in [2.45, 2.75) is 6.92 Å². The Balaban J connectivity index is 1.95. The van der Waals surface area contributed by atoms with Crippen molar-refractivity contribution in [3.63, 3.8) is 0 Å². The number of hydrogen-bond acceptors (Lipinski definition) is 2. The monoisotopic (exact) mass is 429 g/mol. The van der Waals surface area contributed by atoms with Gasteiger partial charge in [-0.25, -0.2) is 0 Å². The van der Waals surface area contributed by atoms with E-state index in [1.807, 2.05) is 61.5 Å². The van der Waals surface area contributed by atoms with Gasteiger partial charge in [0.15, 0.2) is 0 Å². The number of amides is 1. The highest BCUT2D eigenvalue weighted by Crippen LogP contribution is 2.23. The molecule has 120 valence electrons. The van der Waals surface area contributed by atoms with Gasteiger partial charge in [0, 0.05) is 9.26 Å². The first-order valence-electron chi connectivity index (χ1n) is 7.51. The third-order valence-corrected chi connectivity index (χ3v) is 4.27. The summed E-state index contributed by atoms with van der Waals surface area (Å²) in [4.78, 5) is 12.9. The third-order valence-electron chi connectivity index (χ3n) is 3.60. The molecule has 24 heavy (non-hydrogen) atoms. The van der Waals surface area contributed by atoms with Crippen molar-refractivity contribution < 1.29 is 9.21 Å². The molecule has 0 bridgehead atoms. The zero-order valence-electron chi connectivity index (χ0n) is 13.1. The number of carbonyl (C=O) groups excluding carboxylic acids is 1. The van der Waals surface area contributed by atoms with E-state index in [0.29, 0.717) is 11.3 Å². The number of rotatable bonds is 4. The number of aryl methyl sites for hydroxylation is 1. The van der Waals surface area contributed by atoms with E-state index in [2.05, 4.69) is 27.9 Å². The first-order valence-corrected chi connectivity index (χ1v) is 8.59. The molecule has 0 unspecified atom stereocenters. The first kappa shape index (κ1) is 16.5. The fraction of sp³-hybridized carbons (Fsp3) is 0.0500. The van der Waals surface area contributed by atoms with Crippen LogP contribution in [0, 0.1) is 10.5 Å². The van der Waals surface area contributed by atoms with Gasteiger partial charge in [-0.15, -0.1) is 0 Å². The highest BCUT2D eigenvalue weighted by atomic mass is 127. The summed E-state index contributed by atoms with van der Waals surface area (Å²) in [7, 11) is 0. The average Bonchev–Trinajstić information content (AvgIpc) is 3.09. The maximum Gasteiger partial charge on any atom is 0.256 e. The molecule has 1 amide bonds. The smallest absolute Gasteiger partial charge is 0.256 e. The van der Waals surface area contributed by atoms with Crippen molar-refractivity contribution in [2.75, 3.05) is 5.32 Å². The van der Waals surface area contributed by atoms with Gasteiger partial charge < -0.3 is 9.73 Å². The molecule has 0 spiro atoms. The summed E-state index contributed by atoms with van der Waals surface area (Å²) in [6.07, 6.45) is 3.35. The highest BCUT2D eigenvalue weighted by Gasteiger charge is 2.14. The van der Waals surface area contributed by atoms with Crippen LogP contribution in [0.1, 0.15) is 16.9 Å². The Hall–Kier alpha value is -2.34. The van der Waals surface area contributed by atoms with Crippen LogP contribution in [0.2, 0.25) is 0 Å². The third kappa shape index (κ3) is 3.94. The number of anilines is 1. The molecule has 0 aliphatic heterocycles. The highest BCUT2D eigenvalue weighted by molar-refractivity contribution is 14.1. The van der Waals surface area contributed by atoms with Crippen LogP contribution in [0.5, 0.6) is 0 Å². The molecule has 0 saturated heterocycles. The van der Waals surface area contributed by atoms with Gasteiger partial charge in [0.05, 0.1) is 11.8 Å². The van der Waals surface area contributed by atoms with Crippen molar-refractivity contribution >= 4 is 45.8 Å². The normalized spacial score (nSPS) is 11.3. The van der Waals surface area contributed by atoms with Crippen LogP contribution < -0.4 is 5.32 Å². The van der Waals surface area contributed by atoms with Gasteiger partial charge in [-0.1, -0.05) is 30.3 Å². The molecule has 0 fully saturated rings. The minimum atomic E-state index is -0.165. The van der Waals surface area contributed by atoms with E-state index in [1.165, 1.54) is 0 Å². The minimum absolute atomic E-state index is 0.165. The van der Waals surface area contributed by atoms with E-state index >= 15 is 0 Å². The molecule has 3 rings (SSSR count). The van der Waals surface area contributed by atoms with E-state index in [-0.39, 0.29) is 5.91 Å². The minimum Gasteiger partial charge on any atom is -0.465 e. The van der Waals surface area contributed by atoms with Crippen molar-refractivity contribution in [2.24, 2.45) is 0 Å². The lowest BCUT2D eigenvalue weighted by molar-refractivity contribution is -0.111. The van der Waals surface area contributed by atoms with Crippen LogP contribution >= 0.6 is 22.6 Å². The lowest BCUT2D eigenvalue weighted by Crippen LogP contribution is -2.14. The van der Waals surface area contributed by atoms with Gasteiger partial charge in [0.1, 0.15) is 5.76 Å². The lowest BCUT2D eigenvalue weighted by Gasteiger charge is -2.11. The Kier molecular flexibility index (Phi) is 5.15. The molecule has 4 heteroatoms. The summed E-state index contributed by atoms with van der Waals surface area (Å²) in [5, 5.41) is 3.00. The second-order valence-electron chi connectivity index (χ2n) is 5.35. The fourth-order valence-electron chi connectivity index (χ4n) is 2.37. The topological polar surface area (TPSA) is 42.2 Å². The van der Waals surface area contributed by atoms with Crippen molar-refractivity contribution in [3.8, 4) is 0 Å². The molecule has 1 heterocycles. The van der Waals surface area contributed by atoms with Gasteiger partial charge >= 0.3 is 0 Å². The molecule has 0 radical (unpaired) electrons. The second-order valence-corrected chi connectivity index (χ2v) is 6.60. The second kappa shape index (κ2) is 7.49. The maximum atomic E-state index is 12.9. The standard InChI is InChI=1S/C20H16INO2/c1-14-12-16(21)9-10-19(14)22-20(23)18(13-17-8-5-11-24-17)15-6-3-2-4-7-15/h2-13H,1H3,(H,22,23). The molecular formula is C20H16INO2. The maximum absolute atomic E-state index is 12.9. The van der Waals surface area contributed by atoms with E-state index in [0.717, 1.165) is 20.4 Å². The summed E-state index contributed by atoms with van der Waals surface area (Å²) >= 11 is 2.26. The number of benzene rings is 2. The molecule has 0 atom stereocenters. The molecule has 3 nitrogen and oxygen atoms in total. The fourth-order valence-corrected chi connectivity index (χ4v) is 3.02. The summed E-state index contributed by atoms with van der Waals surface area (Å²) < 4.78 is 6.50. The van der Waals surface area contributed by atoms with E-state index in [9.17, 15) is 4.79 Å². The van der Waals surface area contributed by atoms with Gasteiger partial charge in [0.2, 0.25) is 0 Å². The summed E-state index contributed by atoms with van der Waals surface area (Å²) in [6, 6.07) is 19.1. The molecule has 0 aliphatic carbocycles. The Labute approximate surface area is 154 Å². The lowest BCUT2D eigenvalue weighted by atomic mass is 10.0. The van der Waals surface area contributed by atoms with E-state index in [1.54, 1.807) is 18.4 Å². The van der Waals surface area contributed by atoms with Crippen LogP contribution in [-0.2, 0) is 4.79 Å². The Morgan fingerprint density at radius 3 is 2.54 bits per heavy atom. The molecule has 0 saturated carbocycles. The Morgan fingerprint density at radius 1 is 1.08 bits per heavy atom. The molecule has 3 aromatic rings. The average molecular weight is 429 g/mol. The van der Waals surface area contributed by atoms with Crippen LogP contribution in [0.15, 0.2) is 71.3 Å². The van der Waals surface area contributed by atoms with Gasteiger partial charge in [-0.05, 0) is 77.0 Å². The number of furan rings is 1. The summed E-state index contributed by atoms with van der Waals surface area (Å²) in [6.45, 7) is 1.98. The van der Waals surface area contributed by atoms with Gasteiger partial charge in [-0.3, -0.25) is 4.79 Å². The molecule has 1 N–H and O–H groups in total. The number of halogens is 1. The van der Waals surface area contributed by atoms with Crippen molar-refractivity contribution in [3.05, 3.63) is 87.4 Å². The van der Waals surface area contributed by atoms with E-state index < -0.39 is 0 Å². The largest absolute Gasteiger partial charge is 0.465 e. The predicted octanol–water partition coefficient (Wildman–Crippen LogP) is 5.37. The van der Waals surface area contributed by atoms with Crippen molar-refractivity contribution in [1.29, 1.82) is 0 Å². The summed E-state index contributed by atoms with van der Waals surface area (Å²) in [5.74, 6) is 0.477. The molecule has 0 aliphatic rings. The van der Waals surface area contributed by atoms with Crippen molar-refractivity contribution in [1.82, 2.24) is 0 Å². The van der Waals surface area contributed by atoms with Crippen LogP contribution in [0.25, 0.3) is 11.6 Å². The number of hydrogen-bond donors (Lipinski definition) is 1. The number of nitrogens with one attached hydrogen (secondary N) is 1. The quantitative estimate of drug-likeness (QED) is 0.448. The Morgan fingerprint density at radius 2 is 1.88 bits per heavy atom. The molecular weight excluding hydrogens is 413 g/mol. The zero-order valence-corrected chi connectivity index (χ0v) is 15.3. The van der Waals surface area contributed by atoms with Crippen LogP contribution in [0.3, 0.4) is 0 Å².